The van der Waals surface area contributed by atoms with E-state index < -0.39 is 0 Å². The molecule has 4 unspecified atom stereocenters. The van der Waals surface area contributed by atoms with Crippen molar-refractivity contribution in [3.05, 3.63) is 179 Å². The quantitative estimate of drug-likeness (QED) is 0.182. The summed E-state index contributed by atoms with van der Waals surface area (Å²) in [6.07, 6.45) is 14.3. The van der Waals surface area contributed by atoms with Crippen LogP contribution in [0.2, 0.25) is 0 Å². The van der Waals surface area contributed by atoms with Crippen LogP contribution >= 0.6 is 0 Å². The van der Waals surface area contributed by atoms with Crippen molar-refractivity contribution in [2.24, 2.45) is 11.8 Å². The zero-order valence-electron chi connectivity index (χ0n) is 26.9. The molecule has 9 rings (SSSR count). The van der Waals surface area contributed by atoms with E-state index in [0.29, 0.717) is 17.8 Å². The number of hydrogen-bond acceptors (Lipinski definition) is 2. The fourth-order valence-corrected chi connectivity index (χ4v) is 8.38. The molecule has 0 fully saturated rings. The lowest BCUT2D eigenvalue weighted by atomic mass is 9.64. The van der Waals surface area contributed by atoms with Crippen LogP contribution in [0.25, 0.3) is 39.6 Å². The van der Waals surface area contributed by atoms with E-state index in [1.165, 1.54) is 49.0 Å². The van der Waals surface area contributed by atoms with Gasteiger partial charge in [0, 0.05) is 34.6 Å². The number of nitrogens with one attached hydrogen (secondary N) is 2. The summed E-state index contributed by atoms with van der Waals surface area (Å²) in [6.45, 7) is 0. The number of allylic oxidation sites excluding steroid dienone is 2. The summed E-state index contributed by atoms with van der Waals surface area (Å²) in [5.41, 5.74) is 10.0. The maximum absolute atomic E-state index is 3.96. The van der Waals surface area contributed by atoms with Gasteiger partial charge in [0.15, 0.2) is 0 Å². The maximum atomic E-state index is 3.96. The summed E-state index contributed by atoms with van der Waals surface area (Å²) in [4.78, 5) is 0. The molecule has 0 radical (unpaired) electrons. The van der Waals surface area contributed by atoms with Crippen LogP contribution in [0.5, 0.6) is 0 Å². The lowest BCUT2D eigenvalue weighted by Gasteiger charge is -2.41. The monoisotopic (exact) mass is 618 g/mol. The average molecular weight is 619 g/mol. The Morgan fingerprint density at radius 1 is 0.625 bits per heavy atom. The third kappa shape index (κ3) is 5.15. The Morgan fingerprint density at radius 2 is 1.40 bits per heavy atom. The van der Waals surface area contributed by atoms with Crippen LogP contribution in [0.1, 0.15) is 29.9 Å². The highest BCUT2D eigenvalue weighted by molar-refractivity contribution is 6.03. The minimum Gasteiger partial charge on any atom is -0.379 e. The van der Waals surface area contributed by atoms with E-state index in [1.807, 2.05) is 0 Å². The van der Waals surface area contributed by atoms with Gasteiger partial charge in [0.05, 0.1) is 0 Å². The van der Waals surface area contributed by atoms with E-state index in [0.717, 1.165) is 29.9 Å². The Labute approximate surface area is 282 Å². The molecule has 0 aromatic heterocycles. The lowest BCUT2D eigenvalue weighted by molar-refractivity contribution is 0.337. The Bertz CT molecular complexity index is 2310. The van der Waals surface area contributed by atoms with Gasteiger partial charge in [0.2, 0.25) is 0 Å². The molecule has 48 heavy (non-hydrogen) atoms. The molecule has 0 saturated heterocycles. The Balaban J connectivity index is 1.01. The van der Waals surface area contributed by atoms with Crippen LogP contribution in [0.4, 0.5) is 17.1 Å². The molecule has 0 amide bonds. The Kier molecular flexibility index (Phi) is 7.28. The van der Waals surface area contributed by atoms with Crippen molar-refractivity contribution >= 4 is 45.6 Å². The molecule has 2 N–H and O–H groups in total. The van der Waals surface area contributed by atoms with Gasteiger partial charge in [-0.25, -0.2) is 0 Å². The minimum atomic E-state index is 0.244. The largest absolute Gasteiger partial charge is 0.379 e. The number of benzene rings is 6. The van der Waals surface area contributed by atoms with Crippen molar-refractivity contribution in [1.29, 1.82) is 0 Å². The summed E-state index contributed by atoms with van der Waals surface area (Å²) in [7, 11) is 0. The number of hydrogen-bond donors (Lipinski definition) is 2. The van der Waals surface area contributed by atoms with Gasteiger partial charge in [-0.15, -0.1) is 0 Å². The van der Waals surface area contributed by atoms with Crippen molar-refractivity contribution in [2.45, 2.75) is 24.8 Å². The highest BCUT2D eigenvalue weighted by atomic mass is 14.9. The van der Waals surface area contributed by atoms with Gasteiger partial charge < -0.3 is 10.6 Å². The summed E-state index contributed by atoms with van der Waals surface area (Å²) >= 11 is 0. The Hall–Kier alpha value is -5.60. The van der Waals surface area contributed by atoms with Gasteiger partial charge in [-0.3, -0.25) is 0 Å². The van der Waals surface area contributed by atoms with Crippen LogP contribution < -0.4 is 21.1 Å². The van der Waals surface area contributed by atoms with Gasteiger partial charge in [-0.1, -0.05) is 140 Å². The third-order valence-corrected chi connectivity index (χ3v) is 10.6. The number of anilines is 3. The topological polar surface area (TPSA) is 24.1 Å². The van der Waals surface area contributed by atoms with E-state index >= 15 is 0 Å². The summed E-state index contributed by atoms with van der Waals surface area (Å²) < 4.78 is 0. The first-order chi connectivity index (χ1) is 23.8. The molecular formula is C46H38N2. The second-order valence-corrected chi connectivity index (χ2v) is 13.3. The maximum Gasteiger partial charge on any atom is 0.0478 e. The summed E-state index contributed by atoms with van der Waals surface area (Å²) in [6, 6.07) is 50.8. The first-order valence-electron chi connectivity index (χ1n) is 17.3. The molecule has 0 heterocycles. The number of fused-ring (bicyclic) bond motifs is 5. The second-order valence-electron chi connectivity index (χ2n) is 13.3. The molecule has 6 aromatic carbocycles. The molecule has 0 bridgehead atoms. The van der Waals surface area contributed by atoms with Crippen molar-refractivity contribution in [3.63, 3.8) is 0 Å². The molecular weight excluding hydrogens is 581 g/mol. The molecule has 0 saturated carbocycles. The highest BCUT2D eigenvalue weighted by Gasteiger charge is 2.38. The highest BCUT2D eigenvalue weighted by Crippen LogP contribution is 2.47. The zero-order valence-corrected chi connectivity index (χ0v) is 26.9. The van der Waals surface area contributed by atoms with Crippen LogP contribution in [0, 0.1) is 11.8 Å². The van der Waals surface area contributed by atoms with Crippen LogP contribution in [-0.4, -0.2) is 6.04 Å². The van der Waals surface area contributed by atoms with Crippen molar-refractivity contribution < 1.29 is 0 Å². The van der Waals surface area contributed by atoms with Crippen molar-refractivity contribution in [2.75, 3.05) is 10.6 Å². The van der Waals surface area contributed by atoms with Crippen molar-refractivity contribution in [3.8, 4) is 11.1 Å². The molecule has 3 aliphatic carbocycles. The first kappa shape index (κ1) is 28.6. The van der Waals surface area contributed by atoms with Gasteiger partial charge in [-0.2, -0.15) is 0 Å². The van der Waals surface area contributed by atoms with E-state index in [-0.39, 0.29) is 6.04 Å². The van der Waals surface area contributed by atoms with Gasteiger partial charge in [0.1, 0.15) is 0 Å². The third-order valence-electron chi connectivity index (χ3n) is 10.6. The normalized spacial score (nSPS) is 20.7. The second kappa shape index (κ2) is 12.2. The van der Waals surface area contributed by atoms with Crippen LogP contribution in [-0.2, 0) is 0 Å². The van der Waals surface area contributed by atoms with E-state index in [2.05, 4.69) is 181 Å². The molecule has 6 aromatic rings. The summed E-state index contributed by atoms with van der Waals surface area (Å²) in [5.74, 6) is 1.22. The van der Waals surface area contributed by atoms with Gasteiger partial charge in [0.25, 0.3) is 0 Å². The first-order valence-corrected chi connectivity index (χ1v) is 17.3. The van der Waals surface area contributed by atoms with E-state index in [4.69, 9.17) is 0 Å². The fraction of sp³-hybridized carbons (Fsp3) is 0.130. The lowest BCUT2D eigenvalue weighted by Crippen LogP contribution is -2.43. The molecule has 4 atom stereocenters. The SMILES string of the molecule is C1=CC(Nc2ccc(Nc3ccc4ccccc4c3-c3ccccc3)cc2)C(C2C=c3ccccc3=C3C=Cc4ccccc4C32)CC1. The minimum absolute atomic E-state index is 0.244. The fourth-order valence-electron chi connectivity index (χ4n) is 8.38. The predicted molar refractivity (Wildman–Crippen MR) is 204 cm³/mol. The van der Waals surface area contributed by atoms with E-state index in [9.17, 15) is 0 Å². The molecule has 232 valence electrons. The standard InChI is InChI=1S/C46H38N2/c1-2-14-33(15-3-1)45-38-18-8-4-13-32(38)23-29-44(45)48-36-26-24-35(25-27-36)47-43-21-11-10-20-40(43)42-30-34-16-6-7-17-37(34)41-28-22-31-12-5-9-19-39(31)46(41)42/h1-9,11-19,21-30,40,42-43,46-48H,10,20H2. The molecule has 0 aliphatic heterocycles. The molecule has 0 spiro atoms. The number of rotatable bonds is 6. The van der Waals surface area contributed by atoms with E-state index in [1.54, 1.807) is 0 Å². The molecule has 2 heteroatoms. The van der Waals surface area contributed by atoms with Crippen LogP contribution in [0.3, 0.4) is 0 Å². The Morgan fingerprint density at radius 3 is 2.31 bits per heavy atom. The van der Waals surface area contributed by atoms with Gasteiger partial charge >= 0.3 is 0 Å². The van der Waals surface area contributed by atoms with Gasteiger partial charge in [-0.05, 0) is 98.5 Å². The molecule has 3 aliphatic rings. The molecule has 2 nitrogen and oxygen atoms in total. The summed E-state index contributed by atoms with van der Waals surface area (Å²) in [5, 5.41) is 13.0. The average Bonchev–Trinajstić information content (AvgIpc) is 3.15. The van der Waals surface area contributed by atoms with Crippen molar-refractivity contribution in [1.82, 2.24) is 0 Å². The van der Waals surface area contributed by atoms with Crippen LogP contribution in [0.15, 0.2) is 158 Å². The smallest absolute Gasteiger partial charge is 0.0478 e. The predicted octanol–water partition coefficient (Wildman–Crippen LogP) is 10.1. The zero-order chi connectivity index (χ0) is 31.9.